The van der Waals surface area contributed by atoms with Gasteiger partial charge in [-0.05, 0) is 76.0 Å². The molecule has 2 atom stereocenters. The minimum Gasteiger partial charge on any atom is -0.460 e. The number of benzene rings is 1. The number of carbonyl (C=O) groups is 4. The molecule has 0 aliphatic heterocycles. The Hall–Kier alpha value is -2.94. The normalized spacial score (nSPS) is 13.3. The van der Waals surface area contributed by atoms with E-state index in [0.29, 0.717) is 44.3 Å². The fourth-order valence-electron chi connectivity index (χ4n) is 4.14. The van der Waals surface area contributed by atoms with E-state index in [4.69, 9.17) is 4.74 Å². The summed E-state index contributed by atoms with van der Waals surface area (Å²) in [4.78, 5) is 49.8. The van der Waals surface area contributed by atoms with Crippen LogP contribution in [0.5, 0.6) is 0 Å². The highest BCUT2D eigenvalue weighted by molar-refractivity contribution is 5.97. The molecule has 9 heteroatoms. The van der Waals surface area contributed by atoms with Gasteiger partial charge < -0.3 is 26.0 Å². The molecule has 226 valence electrons. The highest BCUT2D eigenvalue weighted by Crippen LogP contribution is 2.27. The Kier molecular flexibility index (Phi) is 14.9. The number of hydrogen-bond donors (Lipinski definition) is 4. The first-order valence-electron chi connectivity index (χ1n) is 14.7. The number of nitrogens with one attached hydrogen (secondary N) is 4. The summed E-state index contributed by atoms with van der Waals surface area (Å²) < 4.78 is 5.52. The predicted octanol–water partition coefficient (Wildman–Crippen LogP) is 4.70. The second kappa shape index (κ2) is 17.0. The molecule has 1 rings (SSSR count). The van der Waals surface area contributed by atoms with E-state index in [0.717, 1.165) is 18.4 Å². The molecule has 0 aliphatic rings. The zero-order chi connectivity index (χ0) is 30.3. The van der Waals surface area contributed by atoms with Gasteiger partial charge in [0.25, 0.3) is 0 Å². The molecule has 1 aromatic carbocycles. The maximum absolute atomic E-state index is 13.4. The molecule has 0 spiro atoms. The fraction of sp³-hybridized carbons (Fsp3) is 0.677. The van der Waals surface area contributed by atoms with E-state index in [1.807, 2.05) is 34.6 Å². The molecule has 0 fully saturated rings. The van der Waals surface area contributed by atoms with Crippen molar-refractivity contribution in [1.29, 1.82) is 0 Å². The smallest absolute Gasteiger partial charge is 0.312 e. The molecule has 0 saturated carbocycles. The summed E-state index contributed by atoms with van der Waals surface area (Å²) in [5, 5.41) is 11.9. The minimum atomic E-state index is -0.778. The summed E-state index contributed by atoms with van der Waals surface area (Å²) in [6.45, 7) is 16.7. The van der Waals surface area contributed by atoms with Gasteiger partial charge in [0.2, 0.25) is 18.2 Å². The van der Waals surface area contributed by atoms with Crippen molar-refractivity contribution >= 4 is 29.9 Å². The van der Waals surface area contributed by atoms with Crippen LogP contribution in [0.2, 0.25) is 0 Å². The van der Waals surface area contributed by atoms with Crippen LogP contribution >= 0.6 is 0 Å². The van der Waals surface area contributed by atoms with E-state index in [9.17, 15) is 19.2 Å². The fourth-order valence-corrected chi connectivity index (χ4v) is 4.14. The van der Waals surface area contributed by atoms with Gasteiger partial charge in [0.15, 0.2) is 0 Å². The Labute approximate surface area is 241 Å². The van der Waals surface area contributed by atoms with Crippen molar-refractivity contribution in [1.82, 2.24) is 16.0 Å². The Morgan fingerprint density at radius 2 is 1.52 bits per heavy atom. The lowest BCUT2D eigenvalue weighted by atomic mass is 9.85. The van der Waals surface area contributed by atoms with Crippen molar-refractivity contribution in [3.05, 3.63) is 29.8 Å². The van der Waals surface area contributed by atoms with E-state index in [1.54, 1.807) is 24.3 Å². The first-order chi connectivity index (χ1) is 18.9. The molecule has 0 saturated heterocycles. The van der Waals surface area contributed by atoms with Crippen molar-refractivity contribution < 1.29 is 23.9 Å². The summed E-state index contributed by atoms with van der Waals surface area (Å²) in [6.07, 6.45) is 4.66. The summed E-state index contributed by atoms with van der Waals surface area (Å²) in [5.74, 6) is -0.761. The number of carbonyl (C=O) groups excluding carboxylic acids is 4. The van der Waals surface area contributed by atoms with Gasteiger partial charge in [-0.15, -0.1) is 0 Å². The van der Waals surface area contributed by atoms with E-state index in [1.165, 1.54) is 0 Å². The number of anilines is 1. The summed E-state index contributed by atoms with van der Waals surface area (Å²) in [5.41, 5.74) is 0.691. The Balaban J connectivity index is 2.94. The highest BCUT2D eigenvalue weighted by Gasteiger charge is 2.33. The summed E-state index contributed by atoms with van der Waals surface area (Å²) in [7, 11) is 0. The van der Waals surface area contributed by atoms with E-state index in [2.05, 4.69) is 42.0 Å². The standard InChI is InChI=1S/C31H52N4O5/c1-9-30(7,10-2)29(39)40-20-23-15-17-24(18-16-23)33-27(37)25(14-13-19-32-21-36)34-28(38)26(22(5)6)35-31(8,11-3)12-4/h15-18,21-22,25-26,35H,9-14,19-20H2,1-8H3,(H,32,36)(H,33,37)(H,34,38)/t25-,26?/m0/s1. The number of esters is 1. The van der Waals surface area contributed by atoms with E-state index < -0.39 is 17.5 Å². The first-order valence-corrected chi connectivity index (χ1v) is 14.7. The van der Waals surface area contributed by atoms with Crippen LogP contribution < -0.4 is 21.3 Å². The van der Waals surface area contributed by atoms with Gasteiger partial charge in [0.1, 0.15) is 12.6 Å². The van der Waals surface area contributed by atoms with Gasteiger partial charge in [0.05, 0.1) is 11.5 Å². The predicted molar refractivity (Wildman–Crippen MR) is 160 cm³/mol. The molecule has 9 nitrogen and oxygen atoms in total. The minimum absolute atomic E-state index is 0.0204. The summed E-state index contributed by atoms with van der Waals surface area (Å²) >= 11 is 0. The monoisotopic (exact) mass is 560 g/mol. The Morgan fingerprint density at radius 1 is 0.925 bits per heavy atom. The number of hydrogen-bond acceptors (Lipinski definition) is 6. The van der Waals surface area contributed by atoms with Crippen molar-refractivity contribution in [2.24, 2.45) is 11.3 Å². The number of amides is 3. The van der Waals surface area contributed by atoms with Crippen molar-refractivity contribution in [2.75, 3.05) is 11.9 Å². The average Bonchev–Trinajstić information content (AvgIpc) is 2.95. The molecule has 0 aromatic heterocycles. The molecular formula is C31H52N4O5. The van der Waals surface area contributed by atoms with Crippen molar-refractivity contribution in [2.45, 2.75) is 118 Å². The van der Waals surface area contributed by atoms with Crippen LogP contribution in [0.1, 0.15) is 99.5 Å². The third-order valence-electron chi connectivity index (χ3n) is 8.19. The molecule has 1 aromatic rings. The van der Waals surface area contributed by atoms with Gasteiger partial charge in [-0.1, -0.05) is 53.7 Å². The lowest BCUT2D eigenvalue weighted by molar-refractivity contribution is -0.156. The van der Waals surface area contributed by atoms with Crippen LogP contribution in [0.4, 0.5) is 5.69 Å². The van der Waals surface area contributed by atoms with Crippen LogP contribution in [0.3, 0.4) is 0 Å². The molecule has 4 N–H and O–H groups in total. The van der Waals surface area contributed by atoms with Gasteiger partial charge in [-0.2, -0.15) is 0 Å². The first kappa shape index (κ1) is 35.1. The third kappa shape index (κ3) is 10.9. The Morgan fingerprint density at radius 3 is 2.02 bits per heavy atom. The Bertz CT molecular complexity index is 940. The van der Waals surface area contributed by atoms with Crippen LogP contribution in [-0.4, -0.2) is 48.4 Å². The second-order valence-electron chi connectivity index (χ2n) is 11.4. The van der Waals surface area contributed by atoms with Gasteiger partial charge in [-0.25, -0.2) is 0 Å². The van der Waals surface area contributed by atoms with Crippen LogP contribution in [0.25, 0.3) is 0 Å². The average molecular weight is 561 g/mol. The van der Waals surface area contributed by atoms with Crippen LogP contribution in [0.15, 0.2) is 24.3 Å². The van der Waals surface area contributed by atoms with Crippen molar-refractivity contribution in [3.63, 3.8) is 0 Å². The molecule has 0 bridgehead atoms. The molecule has 40 heavy (non-hydrogen) atoms. The molecule has 0 aliphatic carbocycles. The van der Waals surface area contributed by atoms with E-state index in [-0.39, 0.29) is 35.8 Å². The zero-order valence-corrected chi connectivity index (χ0v) is 25.8. The molecule has 1 unspecified atom stereocenters. The largest absolute Gasteiger partial charge is 0.460 e. The van der Waals surface area contributed by atoms with Gasteiger partial charge in [0, 0.05) is 17.8 Å². The SMILES string of the molecule is CCC(C)(CC)NC(C(=O)N[C@@H](CCCNC=O)C(=O)Nc1ccc(COC(=O)C(C)(CC)CC)cc1)C(C)C. The number of rotatable bonds is 19. The maximum atomic E-state index is 13.4. The summed E-state index contributed by atoms with van der Waals surface area (Å²) in [6, 6.07) is 5.86. The maximum Gasteiger partial charge on any atom is 0.312 e. The van der Waals surface area contributed by atoms with Gasteiger partial charge in [-0.3, -0.25) is 19.2 Å². The molecule has 0 heterocycles. The topological polar surface area (TPSA) is 126 Å². The quantitative estimate of drug-likeness (QED) is 0.110. The van der Waals surface area contributed by atoms with Crippen LogP contribution in [0, 0.1) is 11.3 Å². The number of ether oxygens (including phenoxy) is 1. The highest BCUT2D eigenvalue weighted by atomic mass is 16.5. The van der Waals surface area contributed by atoms with E-state index >= 15 is 0 Å². The van der Waals surface area contributed by atoms with Crippen molar-refractivity contribution in [3.8, 4) is 0 Å². The lowest BCUT2D eigenvalue weighted by Gasteiger charge is -2.35. The second-order valence-corrected chi connectivity index (χ2v) is 11.4. The molecule has 3 amide bonds. The van der Waals surface area contributed by atoms with Crippen LogP contribution in [-0.2, 0) is 30.5 Å². The zero-order valence-electron chi connectivity index (χ0n) is 25.8. The molecule has 0 radical (unpaired) electrons. The lowest BCUT2D eigenvalue weighted by Crippen LogP contribution is -2.58. The molecular weight excluding hydrogens is 508 g/mol. The van der Waals surface area contributed by atoms with Gasteiger partial charge >= 0.3 is 5.97 Å². The third-order valence-corrected chi connectivity index (χ3v) is 8.19.